The van der Waals surface area contributed by atoms with Crippen LogP contribution in [0.1, 0.15) is 42.6 Å². The van der Waals surface area contributed by atoms with Crippen LogP contribution in [0.4, 0.5) is 5.69 Å². The first-order valence-corrected chi connectivity index (χ1v) is 7.64. The minimum Gasteiger partial charge on any atom is -0.383 e. The van der Waals surface area contributed by atoms with Gasteiger partial charge in [-0.15, -0.1) is 0 Å². The van der Waals surface area contributed by atoms with E-state index in [0.29, 0.717) is 24.9 Å². The van der Waals surface area contributed by atoms with Crippen LogP contribution in [0, 0.1) is 0 Å². The van der Waals surface area contributed by atoms with Crippen molar-refractivity contribution in [2.45, 2.75) is 51.5 Å². The summed E-state index contributed by atoms with van der Waals surface area (Å²) in [5, 5.41) is 15.9. The van der Waals surface area contributed by atoms with E-state index in [-0.39, 0.29) is 23.9 Å². The number of fused-ring (bicyclic) bond motifs is 1. The largest absolute Gasteiger partial charge is 0.383 e. The van der Waals surface area contributed by atoms with Crippen LogP contribution in [0.2, 0.25) is 0 Å². The molecule has 1 saturated heterocycles. The van der Waals surface area contributed by atoms with Gasteiger partial charge in [0.1, 0.15) is 6.23 Å². The maximum absolute atomic E-state index is 12.6. The van der Waals surface area contributed by atoms with Crippen molar-refractivity contribution in [2.75, 3.05) is 5.32 Å². The predicted octanol–water partition coefficient (Wildman–Crippen LogP) is 1.06. The Morgan fingerprint density at radius 1 is 1.36 bits per heavy atom. The zero-order chi connectivity index (χ0) is 15.9. The van der Waals surface area contributed by atoms with Gasteiger partial charge in [0.25, 0.3) is 5.91 Å². The molecule has 1 aromatic rings. The fourth-order valence-corrected chi connectivity index (χ4v) is 3.16. The highest BCUT2D eigenvalue weighted by molar-refractivity contribution is 6.00. The predicted molar refractivity (Wildman–Crippen MR) is 82.2 cm³/mol. The van der Waals surface area contributed by atoms with Gasteiger partial charge in [-0.25, -0.2) is 0 Å². The molecule has 1 fully saturated rings. The third-order valence-electron chi connectivity index (χ3n) is 4.18. The smallest absolute Gasteiger partial charge is 0.254 e. The molecule has 2 unspecified atom stereocenters. The van der Waals surface area contributed by atoms with Crippen molar-refractivity contribution in [3.63, 3.8) is 0 Å². The molecule has 6 heteroatoms. The van der Waals surface area contributed by atoms with E-state index in [4.69, 9.17) is 0 Å². The van der Waals surface area contributed by atoms with Gasteiger partial charge in [0, 0.05) is 35.8 Å². The third kappa shape index (κ3) is 2.54. The Hall–Kier alpha value is -2.08. The number of hydrogen-bond acceptors (Lipinski definition) is 4. The number of benzene rings is 1. The van der Waals surface area contributed by atoms with E-state index in [9.17, 15) is 14.7 Å². The van der Waals surface area contributed by atoms with Crippen LogP contribution in [0.5, 0.6) is 0 Å². The average molecular weight is 303 g/mol. The molecule has 2 heterocycles. The molecule has 0 radical (unpaired) electrons. The Kier molecular flexibility index (Phi) is 3.78. The van der Waals surface area contributed by atoms with Crippen LogP contribution in [-0.4, -0.2) is 40.1 Å². The number of nitrogens with zero attached hydrogens (tertiary/aromatic N) is 1. The minimum absolute atomic E-state index is 0.0809. The Morgan fingerprint density at radius 3 is 2.82 bits per heavy atom. The van der Waals surface area contributed by atoms with Crippen molar-refractivity contribution in [3.8, 4) is 0 Å². The maximum atomic E-state index is 12.6. The second-order valence-corrected chi connectivity index (χ2v) is 6.18. The molecule has 0 saturated carbocycles. The van der Waals surface area contributed by atoms with Gasteiger partial charge in [-0.1, -0.05) is 6.07 Å². The SMILES string of the molecule is CC(C)Nc1cccc2c1CN(C1CCC(=O)NC1O)C2=O. The molecule has 6 nitrogen and oxygen atoms in total. The quantitative estimate of drug-likeness (QED) is 0.780. The number of aliphatic hydroxyl groups is 1. The Morgan fingerprint density at radius 2 is 2.14 bits per heavy atom. The topological polar surface area (TPSA) is 81.7 Å². The molecule has 0 aromatic heterocycles. The number of anilines is 1. The van der Waals surface area contributed by atoms with Crippen LogP contribution in [0.25, 0.3) is 0 Å². The number of aliphatic hydroxyl groups excluding tert-OH is 1. The van der Waals surface area contributed by atoms with Crippen LogP contribution in [0.3, 0.4) is 0 Å². The molecule has 2 aliphatic rings. The van der Waals surface area contributed by atoms with Crippen LogP contribution >= 0.6 is 0 Å². The van der Waals surface area contributed by atoms with Crippen molar-refractivity contribution in [2.24, 2.45) is 0 Å². The second-order valence-electron chi connectivity index (χ2n) is 6.18. The summed E-state index contributed by atoms with van der Waals surface area (Å²) in [7, 11) is 0. The van der Waals surface area contributed by atoms with Gasteiger partial charge in [0.2, 0.25) is 5.91 Å². The number of amides is 2. The van der Waals surface area contributed by atoms with Gasteiger partial charge in [-0.05, 0) is 32.4 Å². The molecule has 0 aliphatic carbocycles. The number of carbonyl (C=O) groups excluding carboxylic acids is 2. The highest BCUT2D eigenvalue weighted by Crippen LogP contribution is 2.33. The summed E-state index contributed by atoms with van der Waals surface area (Å²) in [5.74, 6) is -0.252. The third-order valence-corrected chi connectivity index (χ3v) is 4.18. The van der Waals surface area contributed by atoms with Crippen LogP contribution in [-0.2, 0) is 11.3 Å². The summed E-state index contributed by atoms with van der Waals surface area (Å²) in [4.78, 5) is 25.6. The summed E-state index contributed by atoms with van der Waals surface area (Å²) in [6.07, 6.45) is -0.181. The normalized spacial score (nSPS) is 24.5. The number of rotatable bonds is 3. The molecule has 3 N–H and O–H groups in total. The summed E-state index contributed by atoms with van der Waals surface area (Å²) >= 11 is 0. The first-order valence-electron chi connectivity index (χ1n) is 7.64. The van der Waals surface area contributed by atoms with Gasteiger partial charge in [-0.2, -0.15) is 0 Å². The molecule has 1 aromatic carbocycles. The summed E-state index contributed by atoms with van der Waals surface area (Å²) in [6.45, 7) is 4.56. The van der Waals surface area contributed by atoms with Crippen molar-refractivity contribution in [3.05, 3.63) is 29.3 Å². The zero-order valence-electron chi connectivity index (χ0n) is 12.8. The fraction of sp³-hybridized carbons (Fsp3) is 0.500. The number of nitrogens with one attached hydrogen (secondary N) is 2. The summed E-state index contributed by atoms with van der Waals surface area (Å²) < 4.78 is 0. The van der Waals surface area contributed by atoms with E-state index >= 15 is 0 Å². The summed E-state index contributed by atoms with van der Waals surface area (Å²) in [5.41, 5.74) is 2.60. The van der Waals surface area contributed by atoms with Crippen molar-refractivity contribution in [1.82, 2.24) is 10.2 Å². The molecule has 22 heavy (non-hydrogen) atoms. The Bertz CT molecular complexity index is 615. The van der Waals surface area contributed by atoms with E-state index < -0.39 is 6.23 Å². The highest BCUT2D eigenvalue weighted by atomic mass is 16.3. The van der Waals surface area contributed by atoms with Gasteiger partial charge < -0.3 is 20.6 Å². The molecule has 2 amide bonds. The van der Waals surface area contributed by atoms with Gasteiger partial charge in [0.05, 0.1) is 6.04 Å². The lowest BCUT2D eigenvalue weighted by atomic mass is 10.0. The number of carbonyl (C=O) groups is 2. The standard InChI is InChI=1S/C16H21N3O3/c1-9(2)17-12-5-3-4-10-11(12)8-19(16(10)22)13-6-7-14(20)18-15(13)21/h3-5,9,13,15,17,21H,6-8H2,1-2H3,(H,18,20). The molecule has 118 valence electrons. The van der Waals surface area contributed by atoms with Crippen molar-refractivity contribution < 1.29 is 14.7 Å². The van der Waals surface area contributed by atoms with Gasteiger partial charge in [-0.3, -0.25) is 9.59 Å². The Balaban J connectivity index is 1.86. The lowest BCUT2D eigenvalue weighted by Crippen LogP contribution is -2.55. The van der Waals surface area contributed by atoms with Crippen LogP contribution < -0.4 is 10.6 Å². The van der Waals surface area contributed by atoms with Crippen LogP contribution in [0.15, 0.2) is 18.2 Å². The van der Waals surface area contributed by atoms with E-state index in [2.05, 4.69) is 10.6 Å². The molecule has 3 rings (SSSR count). The molecule has 2 aliphatic heterocycles. The first-order chi connectivity index (χ1) is 10.5. The summed E-state index contributed by atoms with van der Waals surface area (Å²) in [6, 6.07) is 5.55. The number of piperidine rings is 1. The van der Waals surface area contributed by atoms with E-state index in [1.807, 2.05) is 32.0 Å². The molecule has 2 atom stereocenters. The second kappa shape index (κ2) is 5.61. The highest BCUT2D eigenvalue weighted by Gasteiger charge is 2.39. The van der Waals surface area contributed by atoms with Crippen molar-refractivity contribution in [1.29, 1.82) is 0 Å². The molecular formula is C16H21N3O3. The number of hydrogen-bond donors (Lipinski definition) is 3. The van der Waals surface area contributed by atoms with E-state index in [1.165, 1.54) is 0 Å². The maximum Gasteiger partial charge on any atom is 0.254 e. The van der Waals surface area contributed by atoms with E-state index in [1.54, 1.807) is 4.90 Å². The lowest BCUT2D eigenvalue weighted by Gasteiger charge is -2.35. The average Bonchev–Trinajstić information content (AvgIpc) is 2.77. The van der Waals surface area contributed by atoms with Gasteiger partial charge in [0.15, 0.2) is 0 Å². The Labute approximate surface area is 129 Å². The monoisotopic (exact) mass is 303 g/mol. The van der Waals surface area contributed by atoms with Gasteiger partial charge >= 0.3 is 0 Å². The first kappa shape index (κ1) is 14.8. The van der Waals surface area contributed by atoms with Crippen molar-refractivity contribution >= 4 is 17.5 Å². The molecule has 0 spiro atoms. The zero-order valence-corrected chi connectivity index (χ0v) is 12.8. The minimum atomic E-state index is -0.999. The van der Waals surface area contributed by atoms with E-state index in [0.717, 1.165) is 11.3 Å². The molecule has 0 bridgehead atoms. The molecular weight excluding hydrogens is 282 g/mol. The lowest BCUT2D eigenvalue weighted by molar-refractivity contribution is -0.129. The fourth-order valence-electron chi connectivity index (χ4n) is 3.16.